The summed E-state index contributed by atoms with van der Waals surface area (Å²) < 4.78 is 2.34. The molecule has 3 atom stereocenters. The minimum atomic E-state index is 0.213. The monoisotopic (exact) mass is 476 g/mol. The molecule has 1 amide bonds. The van der Waals surface area contributed by atoms with Gasteiger partial charge in [0, 0.05) is 48.9 Å². The van der Waals surface area contributed by atoms with Crippen LogP contribution in [-0.4, -0.2) is 55.7 Å². The third-order valence-electron chi connectivity index (χ3n) is 8.61. The molecule has 0 radical (unpaired) electrons. The minimum Gasteiger partial charge on any atom is -0.355 e. The molecule has 188 valence electrons. The molecule has 0 spiro atoms. The van der Waals surface area contributed by atoms with Crippen molar-refractivity contribution in [3.8, 4) is 0 Å². The largest absolute Gasteiger partial charge is 0.355 e. The summed E-state index contributed by atoms with van der Waals surface area (Å²) in [5.41, 5.74) is 2.21. The number of fused-ring (bicyclic) bond motifs is 2. The zero-order valence-corrected chi connectivity index (χ0v) is 21.3. The van der Waals surface area contributed by atoms with Crippen molar-refractivity contribution >= 4 is 11.5 Å². The van der Waals surface area contributed by atoms with Gasteiger partial charge in [-0.05, 0) is 82.5 Å². The number of hydrogen-bond donors (Lipinski definition) is 1. The van der Waals surface area contributed by atoms with Gasteiger partial charge in [0.15, 0.2) is 5.82 Å². The van der Waals surface area contributed by atoms with Crippen LogP contribution in [0, 0.1) is 12.8 Å². The van der Waals surface area contributed by atoms with Crippen LogP contribution in [0.4, 0.5) is 0 Å². The molecule has 2 bridgehead atoms. The number of rotatable bonds is 9. The molecular formula is C28H40N6O. The first kappa shape index (κ1) is 24.2. The van der Waals surface area contributed by atoms with Gasteiger partial charge in [0.25, 0.3) is 0 Å². The second kappa shape index (κ2) is 10.6. The van der Waals surface area contributed by atoms with Crippen molar-refractivity contribution in [2.24, 2.45) is 5.92 Å². The van der Waals surface area contributed by atoms with Crippen molar-refractivity contribution in [1.29, 1.82) is 0 Å². The standard InChI is InChI=1S/C28H40N6O/c1-19(2)27-32-31-20(3)34(27)26-15-24-10-11-25(16-26)33(24)14-12-23(22-9-6-13-29-17-22)18-30-28(35)21-7-4-5-8-21/h6,9,13,17,21,23-26H,1,4-5,7-8,10-12,14-16,18H2,2-3H3,(H,30,35)/t23-,24?,25?,26?/m1/s1. The smallest absolute Gasteiger partial charge is 0.223 e. The fourth-order valence-corrected chi connectivity index (χ4v) is 6.78. The number of aromatic nitrogens is 4. The van der Waals surface area contributed by atoms with Crippen LogP contribution < -0.4 is 5.32 Å². The second-order valence-corrected chi connectivity index (χ2v) is 11.0. The van der Waals surface area contributed by atoms with Gasteiger partial charge >= 0.3 is 0 Å². The summed E-state index contributed by atoms with van der Waals surface area (Å²) in [7, 11) is 0. The zero-order valence-electron chi connectivity index (χ0n) is 21.3. The summed E-state index contributed by atoms with van der Waals surface area (Å²) >= 11 is 0. The van der Waals surface area contributed by atoms with Gasteiger partial charge in [-0.3, -0.25) is 14.7 Å². The van der Waals surface area contributed by atoms with E-state index in [0.29, 0.717) is 30.6 Å². The predicted molar refractivity (Wildman–Crippen MR) is 138 cm³/mol. The van der Waals surface area contributed by atoms with E-state index in [-0.39, 0.29) is 11.8 Å². The van der Waals surface area contributed by atoms with Crippen LogP contribution in [0.25, 0.3) is 5.57 Å². The Morgan fingerprint density at radius 3 is 2.54 bits per heavy atom. The lowest BCUT2D eigenvalue weighted by molar-refractivity contribution is -0.124. The lowest BCUT2D eigenvalue weighted by Crippen LogP contribution is -2.45. The first-order chi connectivity index (χ1) is 17.0. The molecule has 3 fully saturated rings. The average Bonchev–Trinajstić information content (AvgIpc) is 3.58. The summed E-state index contributed by atoms with van der Waals surface area (Å²) in [6.07, 6.45) is 14.1. The number of amides is 1. The van der Waals surface area contributed by atoms with Crippen LogP contribution in [0.3, 0.4) is 0 Å². The SMILES string of the molecule is C=C(C)c1nnc(C)n1C1CC2CCC(C1)N2CC[C@H](CNC(=O)C1CCCC1)c1cccnc1. The molecule has 5 rings (SSSR count). The third kappa shape index (κ3) is 5.20. The van der Waals surface area contributed by atoms with E-state index in [4.69, 9.17) is 0 Å². The maximum absolute atomic E-state index is 12.7. The number of hydrogen-bond acceptors (Lipinski definition) is 5. The first-order valence-electron chi connectivity index (χ1n) is 13.5. The van der Waals surface area contributed by atoms with Gasteiger partial charge < -0.3 is 9.88 Å². The van der Waals surface area contributed by atoms with Crippen molar-refractivity contribution in [1.82, 2.24) is 30.0 Å². The zero-order chi connectivity index (χ0) is 24.4. The Balaban J connectivity index is 1.23. The number of aryl methyl sites for hydroxylation is 1. The molecule has 3 aliphatic rings. The number of nitrogens with zero attached hydrogens (tertiary/aromatic N) is 5. The van der Waals surface area contributed by atoms with Crippen molar-refractivity contribution in [3.05, 3.63) is 48.3 Å². The molecule has 2 saturated heterocycles. The normalized spacial score (nSPS) is 25.6. The number of piperidine rings is 1. The lowest BCUT2D eigenvalue weighted by atomic mass is 9.93. The number of carbonyl (C=O) groups excluding carboxylic acids is 1. The molecule has 1 saturated carbocycles. The molecule has 2 aromatic rings. The summed E-state index contributed by atoms with van der Waals surface area (Å²) in [5, 5.41) is 12.0. The molecule has 7 heteroatoms. The van der Waals surface area contributed by atoms with E-state index < -0.39 is 0 Å². The molecule has 1 N–H and O–H groups in total. The van der Waals surface area contributed by atoms with Crippen molar-refractivity contribution in [2.75, 3.05) is 13.1 Å². The maximum Gasteiger partial charge on any atom is 0.223 e. The predicted octanol–water partition coefficient (Wildman–Crippen LogP) is 4.66. The fraction of sp³-hybridized carbons (Fsp3) is 0.643. The lowest BCUT2D eigenvalue weighted by Gasteiger charge is -2.40. The van der Waals surface area contributed by atoms with E-state index >= 15 is 0 Å². The molecule has 35 heavy (non-hydrogen) atoms. The van der Waals surface area contributed by atoms with Crippen LogP contribution in [-0.2, 0) is 4.79 Å². The highest BCUT2D eigenvalue weighted by Gasteiger charge is 2.42. The Morgan fingerprint density at radius 1 is 1.14 bits per heavy atom. The second-order valence-electron chi connectivity index (χ2n) is 11.0. The topological polar surface area (TPSA) is 75.9 Å². The molecule has 0 aromatic carbocycles. The van der Waals surface area contributed by atoms with Gasteiger partial charge in [-0.1, -0.05) is 25.5 Å². The Kier molecular flexibility index (Phi) is 7.32. The highest BCUT2D eigenvalue weighted by molar-refractivity contribution is 5.78. The van der Waals surface area contributed by atoms with Crippen LogP contribution in [0.15, 0.2) is 31.1 Å². The minimum absolute atomic E-state index is 0.213. The Hall–Kier alpha value is -2.54. The summed E-state index contributed by atoms with van der Waals surface area (Å²) in [6, 6.07) is 5.82. The van der Waals surface area contributed by atoms with E-state index in [0.717, 1.165) is 55.9 Å². The summed E-state index contributed by atoms with van der Waals surface area (Å²) in [4.78, 5) is 19.8. The van der Waals surface area contributed by atoms with E-state index in [2.05, 4.69) is 49.5 Å². The van der Waals surface area contributed by atoms with E-state index in [1.54, 1.807) is 0 Å². The molecule has 4 heterocycles. The van der Waals surface area contributed by atoms with Gasteiger partial charge in [0.2, 0.25) is 5.91 Å². The highest BCUT2D eigenvalue weighted by Crippen LogP contribution is 2.42. The van der Waals surface area contributed by atoms with Crippen molar-refractivity contribution < 1.29 is 4.79 Å². The Labute approximate surface area is 209 Å². The van der Waals surface area contributed by atoms with Gasteiger partial charge in [0.05, 0.1) is 0 Å². The van der Waals surface area contributed by atoms with Crippen LogP contribution in [0.1, 0.15) is 93.9 Å². The van der Waals surface area contributed by atoms with E-state index in [1.165, 1.54) is 31.2 Å². The van der Waals surface area contributed by atoms with Crippen LogP contribution >= 0.6 is 0 Å². The quantitative estimate of drug-likeness (QED) is 0.570. The molecule has 2 aromatic heterocycles. The van der Waals surface area contributed by atoms with Crippen LogP contribution in [0.2, 0.25) is 0 Å². The third-order valence-corrected chi connectivity index (χ3v) is 8.61. The first-order valence-corrected chi connectivity index (χ1v) is 13.5. The Morgan fingerprint density at radius 2 is 1.89 bits per heavy atom. The van der Waals surface area contributed by atoms with Gasteiger partial charge in [0.1, 0.15) is 5.82 Å². The molecule has 2 aliphatic heterocycles. The van der Waals surface area contributed by atoms with Gasteiger partial charge in [-0.2, -0.15) is 0 Å². The number of carbonyl (C=O) groups is 1. The molecule has 1 aliphatic carbocycles. The number of nitrogens with one attached hydrogen (secondary N) is 1. The van der Waals surface area contributed by atoms with Crippen molar-refractivity contribution in [3.63, 3.8) is 0 Å². The molecular weight excluding hydrogens is 436 g/mol. The van der Waals surface area contributed by atoms with E-state index in [1.807, 2.05) is 25.4 Å². The number of allylic oxidation sites excluding steroid dienone is 1. The molecule has 7 nitrogen and oxygen atoms in total. The van der Waals surface area contributed by atoms with Gasteiger partial charge in [-0.25, -0.2) is 0 Å². The Bertz CT molecular complexity index is 1010. The van der Waals surface area contributed by atoms with Crippen molar-refractivity contribution in [2.45, 2.75) is 95.7 Å². The van der Waals surface area contributed by atoms with Crippen LogP contribution in [0.5, 0.6) is 0 Å². The molecule has 2 unspecified atom stereocenters. The summed E-state index contributed by atoms with van der Waals surface area (Å²) in [6.45, 7) is 9.98. The highest BCUT2D eigenvalue weighted by atomic mass is 16.1. The number of pyridine rings is 1. The average molecular weight is 477 g/mol. The maximum atomic E-state index is 12.7. The van der Waals surface area contributed by atoms with E-state index in [9.17, 15) is 4.79 Å². The van der Waals surface area contributed by atoms with Gasteiger partial charge in [-0.15, -0.1) is 10.2 Å². The fourth-order valence-electron chi connectivity index (χ4n) is 6.78. The summed E-state index contributed by atoms with van der Waals surface area (Å²) in [5.74, 6) is 2.69.